The molecule has 1 heterocycles. The third-order valence-electron chi connectivity index (χ3n) is 5.00. The Morgan fingerprint density at radius 3 is 2.39 bits per heavy atom. The Morgan fingerprint density at radius 1 is 0.909 bits per heavy atom. The number of carbonyl (C=O) groups is 1. The highest BCUT2D eigenvalue weighted by Crippen LogP contribution is 2.31. The Bertz CT molecular complexity index is 1290. The number of amides is 1. The lowest BCUT2D eigenvalue weighted by atomic mass is 10.1. The molecule has 8 heteroatoms. The van der Waals surface area contributed by atoms with E-state index in [1.54, 1.807) is 47.4 Å². The van der Waals surface area contributed by atoms with Crippen molar-refractivity contribution >= 4 is 49.1 Å². The number of nitrogens with one attached hydrogen (secondary N) is 1. The van der Waals surface area contributed by atoms with Crippen molar-refractivity contribution in [2.45, 2.75) is 22.3 Å². The maximum atomic E-state index is 12.4. The van der Waals surface area contributed by atoms with Crippen LogP contribution in [0.3, 0.4) is 0 Å². The molecule has 0 saturated heterocycles. The van der Waals surface area contributed by atoms with Gasteiger partial charge in [0.05, 0.1) is 21.7 Å². The molecule has 0 atom stereocenters. The quantitative estimate of drug-likeness (QED) is 0.237. The van der Waals surface area contributed by atoms with E-state index in [2.05, 4.69) is 16.4 Å². The van der Waals surface area contributed by atoms with Gasteiger partial charge >= 0.3 is 0 Å². The van der Waals surface area contributed by atoms with Gasteiger partial charge in [0, 0.05) is 17.9 Å². The van der Waals surface area contributed by atoms with Crippen molar-refractivity contribution in [2.75, 3.05) is 12.3 Å². The van der Waals surface area contributed by atoms with Gasteiger partial charge in [0.15, 0.2) is 14.2 Å². The van der Waals surface area contributed by atoms with Crippen LogP contribution in [-0.4, -0.2) is 31.6 Å². The molecule has 5 nitrogen and oxygen atoms in total. The van der Waals surface area contributed by atoms with Gasteiger partial charge in [-0.1, -0.05) is 66.4 Å². The molecule has 0 saturated carbocycles. The zero-order valence-corrected chi connectivity index (χ0v) is 20.4. The molecule has 1 amide bonds. The van der Waals surface area contributed by atoms with Crippen LogP contribution in [0.25, 0.3) is 10.2 Å². The number of para-hydroxylation sites is 1. The fourth-order valence-electron chi connectivity index (χ4n) is 3.31. The van der Waals surface area contributed by atoms with Crippen LogP contribution in [0.4, 0.5) is 0 Å². The summed E-state index contributed by atoms with van der Waals surface area (Å²) in [5.41, 5.74) is 3.48. The second-order valence-electron chi connectivity index (χ2n) is 7.62. The Morgan fingerprint density at radius 2 is 1.64 bits per heavy atom. The largest absolute Gasteiger partial charge is 0.352 e. The van der Waals surface area contributed by atoms with Gasteiger partial charge in [-0.3, -0.25) is 4.79 Å². The predicted octanol–water partition coefficient (Wildman–Crippen LogP) is 5.32. The fraction of sp³-hybridized carbons (Fsp3) is 0.200. The molecule has 0 spiro atoms. The molecule has 0 aliphatic carbocycles. The molecule has 1 N–H and O–H groups in total. The number of thiazole rings is 1. The van der Waals surface area contributed by atoms with Crippen LogP contribution in [0, 0.1) is 0 Å². The maximum Gasteiger partial charge on any atom is 0.251 e. The lowest BCUT2D eigenvalue weighted by Gasteiger charge is -2.07. The summed E-state index contributed by atoms with van der Waals surface area (Å²) in [6, 6.07) is 24.7. The normalized spacial score (nSPS) is 11.5. The highest BCUT2D eigenvalue weighted by atomic mass is 32.2. The molecule has 0 radical (unpaired) electrons. The molecule has 4 rings (SSSR count). The molecule has 33 heavy (non-hydrogen) atoms. The summed E-state index contributed by atoms with van der Waals surface area (Å²) >= 11 is 3.37. The van der Waals surface area contributed by atoms with E-state index in [1.165, 1.54) is 4.70 Å². The second-order valence-corrected chi connectivity index (χ2v) is 12.1. The minimum absolute atomic E-state index is 0.0261. The Hall–Kier alpha value is -2.68. The number of benzene rings is 3. The zero-order valence-electron chi connectivity index (χ0n) is 17.9. The predicted molar refractivity (Wildman–Crippen MR) is 137 cm³/mol. The van der Waals surface area contributed by atoms with Gasteiger partial charge in [0.25, 0.3) is 5.91 Å². The molecule has 0 aliphatic rings. The summed E-state index contributed by atoms with van der Waals surface area (Å²) in [7, 11) is -3.20. The SMILES string of the molecule is O=C(NCCCS(=O)(=O)Cc1ccccc1)c1ccc(CSc2nc3ccccc3s2)cc1. The summed E-state index contributed by atoms with van der Waals surface area (Å²) in [4.78, 5) is 17.0. The van der Waals surface area contributed by atoms with E-state index in [1.807, 2.05) is 48.5 Å². The van der Waals surface area contributed by atoms with E-state index in [0.717, 1.165) is 26.7 Å². The number of hydrogen-bond donors (Lipinski definition) is 1. The average Bonchev–Trinajstić information content (AvgIpc) is 3.24. The van der Waals surface area contributed by atoms with Gasteiger partial charge in [-0.05, 0) is 41.8 Å². The van der Waals surface area contributed by atoms with Crippen LogP contribution in [0.5, 0.6) is 0 Å². The standard InChI is InChI=1S/C25H24N2O3S3/c28-24(26-15-6-16-33(29,30)18-20-7-2-1-3-8-20)21-13-11-19(12-14-21)17-31-25-27-22-9-4-5-10-23(22)32-25/h1-5,7-14H,6,15-18H2,(H,26,28). The van der Waals surface area contributed by atoms with Crippen molar-refractivity contribution < 1.29 is 13.2 Å². The number of aromatic nitrogens is 1. The first kappa shape index (κ1) is 23.5. The van der Waals surface area contributed by atoms with Gasteiger partial charge in [0.2, 0.25) is 0 Å². The van der Waals surface area contributed by atoms with E-state index in [-0.39, 0.29) is 17.4 Å². The molecule has 170 valence electrons. The smallest absolute Gasteiger partial charge is 0.251 e. The van der Waals surface area contributed by atoms with Crippen molar-refractivity contribution in [3.8, 4) is 0 Å². The van der Waals surface area contributed by atoms with Crippen LogP contribution >= 0.6 is 23.1 Å². The van der Waals surface area contributed by atoms with Crippen LogP contribution in [0.1, 0.15) is 27.9 Å². The van der Waals surface area contributed by atoms with E-state index in [0.29, 0.717) is 18.5 Å². The van der Waals surface area contributed by atoms with Gasteiger partial charge in [0.1, 0.15) is 0 Å². The molecular weight excluding hydrogens is 472 g/mol. The van der Waals surface area contributed by atoms with Crippen LogP contribution < -0.4 is 5.32 Å². The van der Waals surface area contributed by atoms with Gasteiger partial charge < -0.3 is 5.32 Å². The van der Waals surface area contributed by atoms with Gasteiger partial charge in [-0.25, -0.2) is 13.4 Å². The number of nitrogens with zero attached hydrogens (tertiary/aromatic N) is 1. The molecule has 1 aromatic heterocycles. The van der Waals surface area contributed by atoms with Crippen molar-refractivity contribution in [1.29, 1.82) is 0 Å². The Kier molecular flexibility index (Phi) is 7.80. The summed E-state index contributed by atoms with van der Waals surface area (Å²) < 4.78 is 26.7. The van der Waals surface area contributed by atoms with Crippen LogP contribution in [0.2, 0.25) is 0 Å². The first-order valence-electron chi connectivity index (χ1n) is 10.6. The first-order valence-corrected chi connectivity index (χ1v) is 14.2. The highest BCUT2D eigenvalue weighted by Gasteiger charge is 2.12. The summed E-state index contributed by atoms with van der Waals surface area (Å²) in [6.45, 7) is 0.321. The number of hydrogen-bond acceptors (Lipinski definition) is 6. The lowest BCUT2D eigenvalue weighted by Crippen LogP contribution is -2.26. The minimum atomic E-state index is -3.20. The van der Waals surface area contributed by atoms with Gasteiger partial charge in [-0.2, -0.15) is 0 Å². The molecule has 0 aliphatic heterocycles. The van der Waals surface area contributed by atoms with Gasteiger partial charge in [-0.15, -0.1) is 11.3 Å². The number of fused-ring (bicyclic) bond motifs is 1. The second kappa shape index (κ2) is 11.0. The monoisotopic (exact) mass is 496 g/mol. The van der Waals surface area contributed by atoms with Crippen molar-refractivity contribution in [1.82, 2.24) is 10.3 Å². The highest BCUT2D eigenvalue weighted by molar-refractivity contribution is 8.00. The Balaban J connectivity index is 1.21. The van der Waals surface area contributed by atoms with E-state index in [4.69, 9.17) is 0 Å². The number of carbonyl (C=O) groups excluding carboxylic acids is 1. The first-order chi connectivity index (χ1) is 16.0. The fourth-order valence-corrected chi connectivity index (χ4v) is 6.76. The van der Waals surface area contributed by atoms with Crippen LogP contribution in [0.15, 0.2) is 83.2 Å². The number of thioether (sulfide) groups is 1. The zero-order chi connectivity index (χ0) is 23.1. The molecular formula is C25H24N2O3S3. The molecule has 0 fully saturated rings. The summed E-state index contributed by atoms with van der Waals surface area (Å²) in [5, 5.41) is 2.81. The van der Waals surface area contributed by atoms with Crippen molar-refractivity contribution in [3.05, 3.63) is 95.6 Å². The number of sulfone groups is 1. The molecule has 0 bridgehead atoms. The van der Waals surface area contributed by atoms with E-state index < -0.39 is 9.84 Å². The summed E-state index contributed by atoms with van der Waals surface area (Å²) in [6.07, 6.45) is 0.387. The number of rotatable bonds is 10. The molecule has 4 aromatic rings. The maximum absolute atomic E-state index is 12.4. The summed E-state index contributed by atoms with van der Waals surface area (Å²) in [5.74, 6) is 0.657. The topological polar surface area (TPSA) is 76.1 Å². The van der Waals surface area contributed by atoms with E-state index >= 15 is 0 Å². The van der Waals surface area contributed by atoms with Crippen molar-refractivity contribution in [3.63, 3.8) is 0 Å². The third-order valence-corrected chi connectivity index (χ3v) is 8.93. The Labute approximate surface area is 202 Å². The molecule has 0 unspecified atom stereocenters. The van der Waals surface area contributed by atoms with Crippen molar-refractivity contribution in [2.24, 2.45) is 0 Å². The third kappa shape index (κ3) is 6.90. The van der Waals surface area contributed by atoms with Crippen LogP contribution in [-0.2, 0) is 21.3 Å². The molecule has 3 aromatic carbocycles. The average molecular weight is 497 g/mol. The lowest BCUT2D eigenvalue weighted by molar-refractivity contribution is 0.0953. The minimum Gasteiger partial charge on any atom is -0.352 e. The van der Waals surface area contributed by atoms with E-state index in [9.17, 15) is 13.2 Å².